The fourth-order valence-corrected chi connectivity index (χ4v) is 2.41. The summed E-state index contributed by atoms with van der Waals surface area (Å²) in [6.07, 6.45) is 7.14. The van der Waals surface area contributed by atoms with Gasteiger partial charge in [-0.1, -0.05) is 0 Å². The Hall–Kier alpha value is -2.34. The molecular formula is C15H14F2N4. The zero-order valence-electron chi connectivity index (χ0n) is 11.4. The van der Waals surface area contributed by atoms with E-state index in [0.717, 1.165) is 23.2 Å². The number of likely N-dealkylation sites (N-methyl/N-ethyl adjacent to an activating group) is 1. The van der Waals surface area contributed by atoms with Gasteiger partial charge in [0.15, 0.2) is 0 Å². The van der Waals surface area contributed by atoms with Crippen LogP contribution in [0.4, 0.5) is 8.78 Å². The highest BCUT2D eigenvalue weighted by molar-refractivity contribution is 5.53. The van der Waals surface area contributed by atoms with Gasteiger partial charge in [-0.05, 0) is 37.2 Å². The highest BCUT2D eigenvalue weighted by Gasteiger charge is 2.17. The van der Waals surface area contributed by atoms with E-state index in [0.29, 0.717) is 12.0 Å². The van der Waals surface area contributed by atoms with E-state index in [-0.39, 0.29) is 6.04 Å². The van der Waals surface area contributed by atoms with Crippen molar-refractivity contribution >= 4 is 5.52 Å². The monoisotopic (exact) mass is 288 g/mol. The Bertz CT molecular complexity index is 769. The highest BCUT2D eigenvalue weighted by atomic mass is 19.1. The van der Waals surface area contributed by atoms with Crippen LogP contribution in [-0.2, 0) is 6.42 Å². The second kappa shape index (κ2) is 5.57. The zero-order chi connectivity index (χ0) is 14.8. The van der Waals surface area contributed by atoms with Gasteiger partial charge >= 0.3 is 0 Å². The molecule has 0 aliphatic carbocycles. The maximum Gasteiger partial charge on any atom is 0.126 e. The van der Waals surface area contributed by atoms with Crippen molar-refractivity contribution in [3.8, 4) is 0 Å². The van der Waals surface area contributed by atoms with Gasteiger partial charge in [0.2, 0.25) is 0 Å². The van der Waals surface area contributed by atoms with Crippen molar-refractivity contribution in [3.63, 3.8) is 0 Å². The van der Waals surface area contributed by atoms with Crippen molar-refractivity contribution in [3.05, 3.63) is 65.7 Å². The summed E-state index contributed by atoms with van der Waals surface area (Å²) < 4.78 is 28.8. The lowest BCUT2D eigenvalue weighted by atomic mass is 10.00. The van der Waals surface area contributed by atoms with Gasteiger partial charge in [-0.15, -0.1) is 0 Å². The third-order valence-electron chi connectivity index (χ3n) is 3.51. The fourth-order valence-electron chi connectivity index (χ4n) is 2.41. The Balaban J connectivity index is 1.97. The Morgan fingerprint density at radius 2 is 2.14 bits per heavy atom. The Morgan fingerprint density at radius 1 is 1.29 bits per heavy atom. The first-order valence-corrected chi connectivity index (χ1v) is 6.57. The van der Waals surface area contributed by atoms with Gasteiger partial charge in [0, 0.05) is 24.0 Å². The molecule has 6 heteroatoms. The topological polar surface area (TPSA) is 42.2 Å². The van der Waals surface area contributed by atoms with E-state index in [1.807, 2.05) is 0 Å². The molecule has 0 saturated heterocycles. The number of nitrogens with one attached hydrogen (secondary N) is 1. The summed E-state index contributed by atoms with van der Waals surface area (Å²) in [7, 11) is 1.78. The quantitative estimate of drug-likeness (QED) is 0.802. The highest BCUT2D eigenvalue weighted by Crippen LogP contribution is 2.23. The molecule has 0 aliphatic heterocycles. The summed E-state index contributed by atoms with van der Waals surface area (Å²) in [6.45, 7) is 0. The van der Waals surface area contributed by atoms with Crippen LogP contribution in [0.25, 0.3) is 5.52 Å². The van der Waals surface area contributed by atoms with Gasteiger partial charge in [0.1, 0.15) is 11.6 Å². The second-order valence-electron chi connectivity index (χ2n) is 4.79. The molecule has 0 aliphatic rings. The lowest BCUT2D eigenvalue weighted by Crippen LogP contribution is -2.19. The van der Waals surface area contributed by atoms with Crippen LogP contribution in [0.15, 0.2) is 43.0 Å². The van der Waals surface area contributed by atoms with Crippen LogP contribution >= 0.6 is 0 Å². The number of nitrogens with zero attached hydrogens (tertiary/aromatic N) is 3. The van der Waals surface area contributed by atoms with E-state index in [9.17, 15) is 8.78 Å². The first-order valence-electron chi connectivity index (χ1n) is 6.57. The maximum atomic E-state index is 13.8. The van der Waals surface area contributed by atoms with Crippen molar-refractivity contribution in [1.29, 1.82) is 0 Å². The maximum absolute atomic E-state index is 13.8. The van der Waals surface area contributed by atoms with Crippen LogP contribution in [0.1, 0.15) is 17.2 Å². The summed E-state index contributed by atoms with van der Waals surface area (Å²) in [4.78, 5) is 4.08. The normalized spacial score (nSPS) is 12.7. The number of hydrogen-bond donors (Lipinski definition) is 1. The SMILES string of the molecule is CNC(Cc1cc(F)ccc1F)c1cnn2ccncc12. The summed E-state index contributed by atoms with van der Waals surface area (Å²) >= 11 is 0. The molecule has 0 saturated carbocycles. The first-order chi connectivity index (χ1) is 10.2. The van der Waals surface area contributed by atoms with E-state index in [1.54, 1.807) is 36.4 Å². The summed E-state index contributed by atoms with van der Waals surface area (Å²) in [6, 6.07) is 3.31. The van der Waals surface area contributed by atoms with Gasteiger partial charge in [-0.25, -0.2) is 13.3 Å². The molecule has 1 unspecified atom stereocenters. The third-order valence-corrected chi connectivity index (χ3v) is 3.51. The van der Waals surface area contributed by atoms with Crippen molar-refractivity contribution in [1.82, 2.24) is 19.9 Å². The van der Waals surface area contributed by atoms with Crippen LogP contribution in [0.5, 0.6) is 0 Å². The fraction of sp³-hybridized carbons (Fsp3) is 0.200. The molecule has 1 N–H and O–H groups in total. The van der Waals surface area contributed by atoms with E-state index < -0.39 is 11.6 Å². The lowest BCUT2D eigenvalue weighted by molar-refractivity contribution is 0.545. The molecule has 3 aromatic rings. The summed E-state index contributed by atoms with van der Waals surface area (Å²) in [5.74, 6) is -0.853. The van der Waals surface area contributed by atoms with Gasteiger partial charge in [0.05, 0.1) is 17.9 Å². The molecule has 21 heavy (non-hydrogen) atoms. The van der Waals surface area contributed by atoms with Crippen LogP contribution in [0, 0.1) is 11.6 Å². The Labute approximate surface area is 120 Å². The molecule has 0 radical (unpaired) electrons. The van der Waals surface area contributed by atoms with E-state index >= 15 is 0 Å². The zero-order valence-corrected chi connectivity index (χ0v) is 11.4. The molecule has 2 heterocycles. The van der Waals surface area contributed by atoms with E-state index in [2.05, 4.69) is 15.4 Å². The van der Waals surface area contributed by atoms with Gasteiger partial charge < -0.3 is 5.32 Å². The average Bonchev–Trinajstić information content (AvgIpc) is 2.92. The van der Waals surface area contributed by atoms with Crippen molar-refractivity contribution < 1.29 is 8.78 Å². The lowest BCUT2D eigenvalue weighted by Gasteiger charge is -2.15. The van der Waals surface area contributed by atoms with E-state index in [4.69, 9.17) is 0 Å². The van der Waals surface area contributed by atoms with Gasteiger partial charge in [-0.2, -0.15) is 5.10 Å². The van der Waals surface area contributed by atoms with Crippen molar-refractivity contribution in [2.75, 3.05) is 7.05 Å². The predicted molar refractivity (Wildman–Crippen MR) is 74.8 cm³/mol. The molecule has 108 valence electrons. The van der Waals surface area contributed by atoms with E-state index in [1.165, 1.54) is 6.07 Å². The minimum absolute atomic E-state index is 0.178. The molecular weight excluding hydrogens is 274 g/mol. The van der Waals surface area contributed by atoms with Crippen LogP contribution < -0.4 is 5.32 Å². The molecule has 0 fully saturated rings. The minimum atomic E-state index is -0.442. The molecule has 0 spiro atoms. The number of fused-ring (bicyclic) bond motifs is 1. The summed E-state index contributed by atoms with van der Waals surface area (Å²) in [5.41, 5.74) is 2.07. The first kappa shape index (κ1) is 13.6. The number of aromatic nitrogens is 3. The smallest absolute Gasteiger partial charge is 0.126 e. The number of benzene rings is 1. The van der Waals surface area contributed by atoms with Gasteiger partial charge in [-0.3, -0.25) is 4.98 Å². The number of hydrogen-bond acceptors (Lipinski definition) is 3. The predicted octanol–water partition coefficient (Wildman–Crippen LogP) is 2.51. The molecule has 2 aromatic heterocycles. The van der Waals surface area contributed by atoms with Crippen LogP contribution in [0.3, 0.4) is 0 Å². The second-order valence-corrected chi connectivity index (χ2v) is 4.79. The van der Waals surface area contributed by atoms with Gasteiger partial charge in [0.25, 0.3) is 0 Å². The largest absolute Gasteiger partial charge is 0.313 e. The molecule has 0 bridgehead atoms. The average molecular weight is 288 g/mol. The van der Waals surface area contributed by atoms with Crippen molar-refractivity contribution in [2.24, 2.45) is 0 Å². The Morgan fingerprint density at radius 3 is 2.95 bits per heavy atom. The third kappa shape index (κ3) is 2.62. The minimum Gasteiger partial charge on any atom is -0.313 e. The molecule has 0 amide bonds. The standard InChI is InChI=1S/C15H14F2N4/c1-18-14(7-10-6-11(16)2-3-13(10)17)12-8-20-21-5-4-19-9-15(12)21/h2-6,8-9,14,18H,7H2,1H3. The van der Waals surface area contributed by atoms with Crippen LogP contribution in [0.2, 0.25) is 0 Å². The molecule has 3 rings (SSSR count). The molecule has 1 aromatic carbocycles. The number of rotatable bonds is 4. The Kier molecular flexibility index (Phi) is 3.62. The van der Waals surface area contributed by atoms with Crippen molar-refractivity contribution in [2.45, 2.75) is 12.5 Å². The molecule has 4 nitrogen and oxygen atoms in total. The number of halogens is 2. The molecule has 1 atom stereocenters. The summed E-state index contributed by atoms with van der Waals surface area (Å²) in [5, 5.41) is 7.36. The van der Waals surface area contributed by atoms with Crippen LogP contribution in [-0.4, -0.2) is 21.6 Å².